The summed E-state index contributed by atoms with van der Waals surface area (Å²) in [6.45, 7) is 3.33. The minimum atomic E-state index is -3.16. The van der Waals surface area contributed by atoms with Gasteiger partial charge in [0, 0.05) is 60.9 Å². The van der Waals surface area contributed by atoms with Crippen LogP contribution in [0.5, 0.6) is 0 Å². The third-order valence-electron chi connectivity index (χ3n) is 7.18. The van der Waals surface area contributed by atoms with E-state index in [4.69, 9.17) is 0 Å². The van der Waals surface area contributed by atoms with Gasteiger partial charge in [0.2, 0.25) is 21.9 Å². The maximum atomic E-state index is 12.0. The van der Waals surface area contributed by atoms with Gasteiger partial charge >= 0.3 is 0 Å². The molecule has 186 valence electrons. The second kappa shape index (κ2) is 8.52. The van der Waals surface area contributed by atoms with E-state index in [0.717, 1.165) is 46.7 Å². The maximum absolute atomic E-state index is 12.0. The summed E-state index contributed by atoms with van der Waals surface area (Å²) in [7, 11) is -3.16. The smallest absolute Gasteiger partial charge is 0.227 e. The number of pyridine rings is 1. The summed E-state index contributed by atoms with van der Waals surface area (Å²) in [6.07, 6.45) is 6.71. The number of carbonyl (C=O) groups is 1. The summed E-state index contributed by atoms with van der Waals surface area (Å²) in [5.41, 5.74) is 5.73. The van der Waals surface area contributed by atoms with E-state index in [2.05, 4.69) is 49.5 Å². The van der Waals surface area contributed by atoms with Gasteiger partial charge in [0.05, 0.1) is 11.9 Å². The predicted octanol–water partition coefficient (Wildman–Crippen LogP) is 2.70. The second-order valence-electron chi connectivity index (χ2n) is 9.70. The molecule has 2 fully saturated rings. The van der Waals surface area contributed by atoms with Gasteiger partial charge in [-0.25, -0.2) is 23.4 Å². The largest absolute Gasteiger partial charge is 0.365 e. The van der Waals surface area contributed by atoms with Crippen LogP contribution in [-0.4, -0.2) is 65.0 Å². The number of amides is 1. The summed E-state index contributed by atoms with van der Waals surface area (Å²) in [6, 6.07) is 10.3. The summed E-state index contributed by atoms with van der Waals surface area (Å²) in [4.78, 5) is 27.4. The lowest BCUT2D eigenvalue weighted by Crippen LogP contribution is -2.48. The summed E-state index contributed by atoms with van der Waals surface area (Å²) < 4.78 is 25.7. The van der Waals surface area contributed by atoms with E-state index >= 15 is 0 Å². The lowest BCUT2D eigenvalue weighted by molar-refractivity contribution is -0.116. The highest BCUT2D eigenvalue weighted by atomic mass is 32.2. The van der Waals surface area contributed by atoms with E-state index in [9.17, 15) is 13.2 Å². The van der Waals surface area contributed by atoms with E-state index in [1.807, 2.05) is 18.2 Å². The molecule has 2 saturated heterocycles. The summed E-state index contributed by atoms with van der Waals surface area (Å²) in [5, 5.41) is 6.10. The van der Waals surface area contributed by atoms with Gasteiger partial charge < -0.3 is 15.5 Å². The monoisotopic (exact) mass is 505 g/mol. The first-order valence-corrected chi connectivity index (χ1v) is 13.8. The molecule has 2 atom stereocenters. The Labute approximate surface area is 209 Å². The molecule has 2 N–H and O–H groups in total. The van der Waals surface area contributed by atoms with Gasteiger partial charge in [-0.3, -0.25) is 4.79 Å². The van der Waals surface area contributed by atoms with Gasteiger partial charge in [-0.1, -0.05) is 0 Å². The van der Waals surface area contributed by atoms with Gasteiger partial charge in [-0.15, -0.1) is 0 Å². The Hall–Kier alpha value is -3.57. The highest BCUT2D eigenvalue weighted by Crippen LogP contribution is 2.38. The van der Waals surface area contributed by atoms with Gasteiger partial charge in [0.25, 0.3) is 0 Å². The van der Waals surface area contributed by atoms with Gasteiger partial charge in [0.15, 0.2) is 0 Å². The molecule has 0 spiro atoms. The highest BCUT2D eigenvalue weighted by molar-refractivity contribution is 7.88. The van der Waals surface area contributed by atoms with E-state index in [1.165, 1.54) is 6.26 Å². The van der Waals surface area contributed by atoms with Crippen LogP contribution in [0.25, 0.3) is 11.3 Å². The molecule has 0 radical (unpaired) electrons. The van der Waals surface area contributed by atoms with Crippen molar-refractivity contribution in [1.29, 1.82) is 0 Å². The van der Waals surface area contributed by atoms with Crippen LogP contribution in [-0.2, 0) is 21.2 Å². The maximum Gasteiger partial charge on any atom is 0.227 e. The molecule has 1 amide bonds. The van der Waals surface area contributed by atoms with Crippen molar-refractivity contribution in [2.24, 2.45) is 0 Å². The van der Waals surface area contributed by atoms with Crippen molar-refractivity contribution in [3.63, 3.8) is 0 Å². The number of fused-ring (bicyclic) bond motifs is 3. The van der Waals surface area contributed by atoms with Crippen LogP contribution < -0.4 is 15.5 Å². The number of aromatic nitrogens is 3. The predicted molar refractivity (Wildman–Crippen MR) is 138 cm³/mol. The molecule has 0 saturated carbocycles. The van der Waals surface area contributed by atoms with E-state index in [0.29, 0.717) is 31.2 Å². The number of nitrogens with zero attached hydrogens (tertiary/aromatic N) is 5. The number of sulfonamides is 1. The summed E-state index contributed by atoms with van der Waals surface area (Å²) >= 11 is 0. The second-order valence-corrected chi connectivity index (χ2v) is 11.6. The number of carbonyl (C=O) groups excluding carboxylic acids is 1. The fourth-order valence-electron chi connectivity index (χ4n) is 5.49. The van der Waals surface area contributed by atoms with E-state index in [1.54, 1.807) is 16.7 Å². The van der Waals surface area contributed by atoms with Crippen molar-refractivity contribution in [2.75, 3.05) is 34.9 Å². The van der Waals surface area contributed by atoms with Crippen LogP contribution in [0.4, 0.5) is 23.1 Å². The number of anilines is 4. The Morgan fingerprint density at radius 1 is 1.08 bits per heavy atom. The lowest BCUT2D eigenvalue weighted by atomic mass is 10.0. The molecule has 36 heavy (non-hydrogen) atoms. The number of hydrogen-bond acceptors (Lipinski definition) is 8. The highest BCUT2D eigenvalue weighted by Gasteiger charge is 2.47. The zero-order chi connectivity index (χ0) is 25.0. The first kappa shape index (κ1) is 22.9. The first-order chi connectivity index (χ1) is 17.2. The minimum absolute atomic E-state index is 0.00861. The normalized spacial score (nSPS) is 21.4. The fourth-order valence-corrected chi connectivity index (χ4v) is 6.63. The molecule has 3 aliphatic heterocycles. The third kappa shape index (κ3) is 4.18. The first-order valence-electron chi connectivity index (χ1n) is 12.0. The minimum Gasteiger partial charge on any atom is -0.365 e. The van der Waals surface area contributed by atoms with Crippen LogP contribution >= 0.6 is 0 Å². The number of hydrogen-bond donors (Lipinski definition) is 2. The molecular weight excluding hydrogens is 478 g/mol. The third-order valence-corrected chi connectivity index (χ3v) is 8.48. The standard InChI is InChI=1S/C25H27N7O3S/c1-15-9-18(4-5-22(15)31-13-20-11-19(31)14-32(20)36(2,34)35)28-25-26-8-7-21(29-25)17-10-16-3-6-23(33)30-24(16)27-12-17/h4-5,7-10,12,19-20H,3,6,11,13-14H2,1-2H3,(H,26,28,29)(H,27,30,33)/t19-,20-/m0/s1. The Balaban J connectivity index is 1.18. The van der Waals surface area contributed by atoms with Crippen molar-refractivity contribution >= 4 is 39.1 Å². The average Bonchev–Trinajstić information content (AvgIpc) is 3.45. The van der Waals surface area contributed by atoms with E-state index < -0.39 is 10.0 Å². The molecule has 5 heterocycles. The molecule has 6 rings (SSSR count). The molecule has 0 unspecified atom stereocenters. The van der Waals surface area contributed by atoms with Crippen LogP contribution in [0, 0.1) is 6.92 Å². The quantitative estimate of drug-likeness (QED) is 0.543. The number of nitrogens with one attached hydrogen (secondary N) is 2. The molecule has 2 aromatic heterocycles. The topological polar surface area (TPSA) is 120 Å². The van der Waals surface area contributed by atoms with Gasteiger partial charge in [-0.2, -0.15) is 4.31 Å². The Bertz CT molecular complexity index is 1480. The lowest BCUT2D eigenvalue weighted by Gasteiger charge is -2.35. The van der Waals surface area contributed by atoms with E-state index in [-0.39, 0.29) is 18.0 Å². The number of aryl methyl sites for hydroxylation is 2. The molecule has 11 heteroatoms. The number of rotatable bonds is 5. The Kier molecular flexibility index (Phi) is 5.41. The molecular formula is C25H27N7O3S. The zero-order valence-corrected chi connectivity index (χ0v) is 20.9. The van der Waals surface area contributed by atoms with Crippen molar-refractivity contribution in [3.8, 4) is 11.3 Å². The Morgan fingerprint density at radius 3 is 2.69 bits per heavy atom. The molecule has 2 bridgehead atoms. The summed E-state index contributed by atoms with van der Waals surface area (Å²) in [5.74, 6) is 1.09. The van der Waals surface area contributed by atoms with Crippen LogP contribution in [0.2, 0.25) is 0 Å². The zero-order valence-electron chi connectivity index (χ0n) is 20.1. The van der Waals surface area contributed by atoms with Crippen molar-refractivity contribution < 1.29 is 13.2 Å². The fraction of sp³-hybridized carbons (Fsp3) is 0.360. The number of benzene rings is 1. The molecule has 3 aromatic rings. The SMILES string of the molecule is Cc1cc(Nc2nccc(-c3cnc4c(c3)CCC(=O)N4)n2)ccc1N1C[C@@H]2C[C@H]1CN2S(C)(=O)=O. The van der Waals surface area contributed by atoms with Crippen LogP contribution in [0.1, 0.15) is 24.0 Å². The van der Waals surface area contributed by atoms with Crippen LogP contribution in [0.15, 0.2) is 42.7 Å². The van der Waals surface area contributed by atoms with Crippen molar-refractivity contribution in [3.05, 3.63) is 53.9 Å². The average molecular weight is 506 g/mol. The number of piperazine rings is 1. The Morgan fingerprint density at radius 2 is 1.94 bits per heavy atom. The van der Waals surface area contributed by atoms with Crippen LogP contribution in [0.3, 0.4) is 0 Å². The van der Waals surface area contributed by atoms with Gasteiger partial charge in [0.1, 0.15) is 5.82 Å². The molecule has 10 nitrogen and oxygen atoms in total. The molecule has 1 aromatic carbocycles. The van der Waals surface area contributed by atoms with Crippen molar-refractivity contribution in [2.45, 2.75) is 38.3 Å². The molecule has 3 aliphatic rings. The van der Waals surface area contributed by atoms with Gasteiger partial charge in [-0.05, 0) is 61.2 Å². The molecule has 0 aliphatic carbocycles. The van der Waals surface area contributed by atoms with Crippen molar-refractivity contribution in [1.82, 2.24) is 19.3 Å².